The summed E-state index contributed by atoms with van der Waals surface area (Å²) in [6.07, 6.45) is 5.88. The number of aromatic nitrogens is 2. The molecule has 2 unspecified atom stereocenters. The van der Waals surface area contributed by atoms with Crippen molar-refractivity contribution in [3.05, 3.63) is 59.7 Å². The largest absolute Gasteiger partial charge is 0.373 e. The number of nitrogens with one attached hydrogen (secondary N) is 1. The van der Waals surface area contributed by atoms with Crippen LogP contribution in [0.2, 0.25) is 0 Å². The second-order valence-electron chi connectivity index (χ2n) is 8.30. The number of rotatable bonds is 3. The first-order valence-corrected chi connectivity index (χ1v) is 10.6. The second-order valence-corrected chi connectivity index (χ2v) is 8.30. The van der Waals surface area contributed by atoms with Gasteiger partial charge in [0.2, 0.25) is 0 Å². The highest BCUT2D eigenvalue weighted by Gasteiger charge is 2.41. The van der Waals surface area contributed by atoms with E-state index >= 15 is 0 Å². The number of hydrogen-bond donors (Lipinski definition) is 2. The third-order valence-corrected chi connectivity index (χ3v) is 6.25. The first kappa shape index (κ1) is 20.1. The zero-order valence-electron chi connectivity index (χ0n) is 16.9. The van der Waals surface area contributed by atoms with Gasteiger partial charge in [0.25, 0.3) is 0 Å². The van der Waals surface area contributed by atoms with E-state index in [-0.39, 0.29) is 18.0 Å². The van der Waals surface area contributed by atoms with Gasteiger partial charge in [-0.1, -0.05) is 19.3 Å². The van der Waals surface area contributed by atoms with E-state index in [2.05, 4.69) is 9.97 Å². The molecule has 8 heteroatoms. The minimum Gasteiger partial charge on any atom is -0.373 e. The number of aliphatic hydroxyl groups excluding tert-OH is 1. The maximum atomic E-state index is 14.9. The van der Waals surface area contributed by atoms with Crippen LogP contribution in [0, 0.1) is 17.5 Å². The summed E-state index contributed by atoms with van der Waals surface area (Å²) in [5, 5.41) is 10.9. The summed E-state index contributed by atoms with van der Waals surface area (Å²) in [6, 6.07) is 6.04. The van der Waals surface area contributed by atoms with Crippen molar-refractivity contribution in [2.45, 2.75) is 56.8 Å². The Hall–Kier alpha value is -2.87. The van der Waals surface area contributed by atoms with E-state index in [1.807, 2.05) is 0 Å². The molecule has 0 amide bonds. The molecule has 1 saturated heterocycles. The third kappa shape index (κ3) is 3.69. The predicted molar refractivity (Wildman–Crippen MR) is 113 cm³/mol. The van der Waals surface area contributed by atoms with Crippen LogP contribution in [-0.2, 0) is 0 Å². The van der Waals surface area contributed by atoms with Crippen LogP contribution in [0.1, 0.15) is 50.1 Å². The minimum atomic E-state index is -1.25. The van der Waals surface area contributed by atoms with E-state index in [4.69, 9.17) is 4.99 Å². The highest BCUT2D eigenvalue weighted by molar-refractivity contribution is 5.97. The van der Waals surface area contributed by atoms with Gasteiger partial charge in [0.05, 0.1) is 23.4 Å². The molecule has 2 atom stereocenters. The van der Waals surface area contributed by atoms with Crippen molar-refractivity contribution in [1.29, 1.82) is 0 Å². The van der Waals surface area contributed by atoms with Crippen molar-refractivity contribution < 1.29 is 18.3 Å². The van der Waals surface area contributed by atoms with Gasteiger partial charge in [-0.15, -0.1) is 0 Å². The molecule has 31 heavy (non-hydrogen) atoms. The van der Waals surface area contributed by atoms with Crippen LogP contribution >= 0.6 is 0 Å². The van der Waals surface area contributed by atoms with Crippen molar-refractivity contribution in [1.82, 2.24) is 9.97 Å². The normalized spacial score (nSPS) is 23.9. The maximum Gasteiger partial charge on any atom is 0.164 e. The molecule has 1 aromatic heterocycles. The Bertz CT molecular complexity index is 1140. The number of aliphatic hydroxyl groups is 1. The fourth-order valence-corrected chi connectivity index (χ4v) is 4.81. The predicted octanol–water partition coefficient (Wildman–Crippen LogP) is 5.02. The molecular weight excluding hydrogens is 405 g/mol. The second kappa shape index (κ2) is 8.00. The van der Waals surface area contributed by atoms with E-state index in [0.717, 1.165) is 49.2 Å². The van der Waals surface area contributed by atoms with Crippen LogP contribution in [0.4, 0.5) is 18.9 Å². The summed E-state index contributed by atoms with van der Waals surface area (Å²) in [5.41, 5.74) is 2.47. The summed E-state index contributed by atoms with van der Waals surface area (Å²) < 4.78 is 43.1. The lowest BCUT2D eigenvalue weighted by Gasteiger charge is -2.30. The average Bonchev–Trinajstić information content (AvgIpc) is 3.34. The van der Waals surface area contributed by atoms with Gasteiger partial charge < -0.3 is 15.0 Å². The molecule has 3 aromatic rings. The van der Waals surface area contributed by atoms with Crippen LogP contribution in [0.5, 0.6) is 0 Å². The van der Waals surface area contributed by atoms with Crippen molar-refractivity contribution in [3.63, 3.8) is 0 Å². The molecule has 5 rings (SSSR count). The van der Waals surface area contributed by atoms with E-state index in [1.54, 1.807) is 29.4 Å². The number of hydrogen-bond acceptors (Lipinski definition) is 4. The van der Waals surface area contributed by atoms with Gasteiger partial charge in [-0.25, -0.2) is 18.2 Å². The zero-order valence-corrected chi connectivity index (χ0v) is 16.9. The molecule has 2 aliphatic rings. The lowest BCUT2D eigenvalue weighted by atomic mass is 9.95. The van der Waals surface area contributed by atoms with Gasteiger partial charge in [0.15, 0.2) is 11.6 Å². The molecule has 2 N–H and O–H groups in total. The minimum absolute atomic E-state index is 0.0787. The first-order valence-electron chi connectivity index (χ1n) is 10.6. The summed E-state index contributed by atoms with van der Waals surface area (Å²) in [7, 11) is 0. The number of H-pyrrole nitrogens is 1. The molecule has 2 heterocycles. The van der Waals surface area contributed by atoms with Gasteiger partial charge >= 0.3 is 0 Å². The molecule has 162 valence electrons. The fraction of sp³-hybridized carbons (Fsp3) is 0.391. The molecule has 0 radical (unpaired) electrons. The van der Waals surface area contributed by atoms with Gasteiger partial charge in [-0.2, -0.15) is 0 Å². The molecule has 0 bridgehead atoms. The molecule has 2 fully saturated rings. The molecule has 1 aliphatic carbocycles. The van der Waals surface area contributed by atoms with E-state index in [0.29, 0.717) is 17.5 Å². The highest BCUT2D eigenvalue weighted by atomic mass is 19.2. The Morgan fingerprint density at radius 2 is 1.87 bits per heavy atom. The van der Waals surface area contributed by atoms with Crippen LogP contribution in [0.15, 0.2) is 41.7 Å². The topological polar surface area (TPSA) is 64.5 Å². The quantitative estimate of drug-likeness (QED) is 0.576. The number of halogens is 3. The maximum absolute atomic E-state index is 14.9. The smallest absolute Gasteiger partial charge is 0.164 e. The molecule has 2 aromatic carbocycles. The number of fused-ring (bicyclic) bond motifs is 1. The SMILES string of the molecule is OC1CC(=NC2CCCCC2)C(c2cc(F)cc(F)c2F)N1c1ccc2nc[nH]c2c1. The number of nitrogens with zero attached hydrogens (tertiary/aromatic N) is 3. The third-order valence-electron chi connectivity index (χ3n) is 6.25. The van der Waals surface area contributed by atoms with Gasteiger partial charge in [0, 0.05) is 35.5 Å². The number of aromatic amines is 1. The highest BCUT2D eigenvalue weighted by Crippen LogP contribution is 2.40. The Balaban J connectivity index is 1.64. The summed E-state index contributed by atoms with van der Waals surface area (Å²) in [5.74, 6) is -3.24. The molecule has 1 saturated carbocycles. The zero-order chi connectivity index (χ0) is 21.5. The molecule has 5 nitrogen and oxygen atoms in total. The molecular formula is C23H23F3N4O. The van der Waals surface area contributed by atoms with Crippen molar-refractivity contribution in [2.24, 2.45) is 4.99 Å². The van der Waals surface area contributed by atoms with E-state index < -0.39 is 29.7 Å². The standard InChI is InChI=1S/C23H23F3N4O/c24-13-8-16(22(26)17(25)9-13)23-20(29-14-4-2-1-3-5-14)11-21(31)30(23)15-6-7-18-19(10-15)28-12-27-18/h6-10,12,14,21,23,31H,1-5,11H2,(H,27,28). The number of aliphatic imine (C=N–C) groups is 1. The van der Waals surface area contributed by atoms with Gasteiger partial charge in [-0.3, -0.25) is 4.99 Å². The van der Waals surface area contributed by atoms with Crippen LogP contribution in [0.25, 0.3) is 11.0 Å². The number of anilines is 1. The van der Waals surface area contributed by atoms with E-state index in [1.165, 1.54) is 0 Å². The Morgan fingerprint density at radius 3 is 2.68 bits per heavy atom. The van der Waals surface area contributed by atoms with Crippen molar-refractivity contribution >= 4 is 22.4 Å². The Labute approximate surface area is 177 Å². The summed E-state index contributed by atoms with van der Waals surface area (Å²) in [6.45, 7) is 0. The monoisotopic (exact) mass is 428 g/mol. The van der Waals surface area contributed by atoms with Crippen LogP contribution in [0.3, 0.4) is 0 Å². The Morgan fingerprint density at radius 1 is 1.06 bits per heavy atom. The number of benzene rings is 2. The van der Waals surface area contributed by atoms with Crippen molar-refractivity contribution in [2.75, 3.05) is 4.90 Å². The lowest BCUT2D eigenvalue weighted by Crippen LogP contribution is -2.33. The summed E-state index contributed by atoms with van der Waals surface area (Å²) in [4.78, 5) is 13.6. The van der Waals surface area contributed by atoms with Crippen molar-refractivity contribution in [3.8, 4) is 0 Å². The molecule has 1 aliphatic heterocycles. The van der Waals surface area contributed by atoms with Crippen LogP contribution < -0.4 is 4.90 Å². The first-order chi connectivity index (χ1) is 15.0. The lowest BCUT2D eigenvalue weighted by molar-refractivity contribution is 0.186. The van der Waals surface area contributed by atoms with Gasteiger partial charge in [-0.05, 0) is 37.1 Å². The average molecular weight is 428 g/mol. The van der Waals surface area contributed by atoms with Gasteiger partial charge in [0.1, 0.15) is 12.0 Å². The molecule has 0 spiro atoms. The van der Waals surface area contributed by atoms with E-state index in [9.17, 15) is 18.3 Å². The van der Waals surface area contributed by atoms with Crippen LogP contribution in [-0.4, -0.2) is 33.1 Å². The number of imidazole rings is 1. The fourth-order valence-electron chi connectivity index (χ4n) is 4.81. The summed E-state index contributed by atoms with van der Waals surface area (Å²) >= 11 is 0. The Kier molecular flexibility index (Phi) is 5.17.